The van der Waals surface area contributed by atoms with Crippen LogP contribution in [0.5, 0.6) is 5.75 Å². The van der Waals surface area contributed by atoms with Crippen LogP contribution in [0.1, 0.15) is 28.8 Å². The van der Waals surface area contributed by atoms with Crippen molar-refractivity contribution in [1.29, 1.82) is 0 Å². The first-order valence-electron chi connectivity index (χ1n) is 8.58. The highest BCUT2D eigenvalue weighted by molar-refractivity contribution is 6.30. The molecule has 0 unspecified atom stereocenters. The Morgan fingerprint density at radius 2 is 1.88 bits per heavy atom. The fourth-order valence-electron chi connectivity index (χ4n) is 3.03. The van der Waals surface area contributed by atoms with Crippen LogP contribution in [0.2, 0.25) is 5.02 Å². The highest BCUT2D eigenvalue weighted by atomic mass is 35.5. The van der Waals surface area contributed by atoms with Crippen LogP contribution in [0.15, 0.2) is 48.5 Å². The average molecular weight is 395 g/mol. The number of nitrogens with zero attached hydrogens (tertiary/aromatic N) is 1. The Labute approximate surface area is 165 Å². The maximum Gasteiger partial charge on any atom is 0.253 e. The van der Waals surface area contributed by atoms with Crippen molar-refractivity contribution in [2.24, 2.45) is 0 Å². The minimum absolute atomic E-state index is 0. The molecule has 1 heterocycles. The third kappa shape index (κ3) is 5.37. The van der Waals surface area contributed by atoms with E-state index in [0.29, 0.717) is 29.0 Å². The van der Waals surface area contributed by atoms with E-state index in [4.69, 9.17) is 16.3 Å². The topological polar surface area (TPSA) is 41.6 Å². The van der Waals surface area contributed by atoms with Crippen molar-refractivity contribution in [2.45, 2.75) is 25.5 Å². The third-order valence-corrected chi connectivity index (χ3v) is 4.83. The predicted molar refractivity (Wildman–Crippen MR) is 107 cm³/mol. The second-order valence-electron chi connectivity index (χ2n) is 6.34. The Balaban J connectivity index is 0.00000243. The van der Waals surface area contributed by atoms with Crippen molar-refractivity contribution in [3.63, 3.8) is 0 Å². The molecule has 0 spiro atoms. The summed E-state index contributed by atoms with van der Waals surface area (Å²) < 4.78 is 5.82. The van der Waals surface area contributed by atoms with E-state index in [1.54, 1.807) is 0 Å². The molecule has 1 amide bonds. The Morgan fingerprint density at radius 3 is 2.58 bits per heavy atom. The van der Waals surface area contributed by atoms with Gasteiger partial charge in [-0.2, -0.15) is 0 Å². The van der Waals surface area contributed by atoms with Gasteiger partial charge in [0.05, 0.1) is 0 Å². The number of halogens is 2. The van der Waals surface area contributed by atoms with Crippen LogP contribution in [-0.2, 0) is 6.61 Å². The van der Waals surface area contributed by atoms with E-state index in [1.807, 2.05) is 60.5 Å². The van der Waals surface area contributed by atoms with Crippen molar-refractivity contribution in [1.82, 2.24) is 10.2 Å². The largest absolute Gasteiger partial charge is 0.489 e. The summed E-state index contributed by atoms with van der Waals surface area (Å²) in [6.45, 7) is 2.37. The molecule has 0 atom stereocenters. The van der Waals surface area contributed by atoms with Gasteiger partial charge in [-0.1, -0.05) is 29.8 Å². The molecule has 140 valence electrons. The van der Waals surface area contributed by atoms with Crippen molar-refractivity contribution in [3.05, 3.63) is 64.7 Å². The van der Waals surface area contributed by atoms with Gasteiger partial charge in [0.15, 0.2) is 0 Å². The monoisotopic (exact) mass is 394 g/mol. The van der Waals surface area contributed by atoms with Crippen molar-refractivity contribution < 1.29 is 9.53 Å². The Bertz CT molecular complexity index is 716. The second-order valence-corrected chi connectivity index (χ2v) is 6.78. The summed E-state index contributed by atoms with van der Waals surface area (Å²) in [4.78, 5) is 14.6. The molecule has 6 heteroatoms. The average Bonchev–Trinajstić information content (AvgIpc) is 2.67. The number of piperidine rings is 1. The molecule has 1 saturated heterocycles. The zero-order valence-electron chi connectivity index (χ0n) is 14.8. The molecular formula is C20H24Cl2N2O2. The molecule has 0 aromatic heterocycles. The van der Waals surface area contributed by atoms with Crippen LogP contribution in [0.4, 0.5) is 0 Å². The van der Waals surface area contributed by atoms with Crippen LogP contribution in [0.3, 0.4) is 0 Å². The molecule has 4 nitrogen and oxygen atoms in total. The quantitative estimate of drug-likeness (QED) is 0.827. The lowest BCUT2D eigenvalue weighted by molar-refractivity contribution is 0.0702. The van der Waals surface area contributed by atoms with Crippen LogP contribution >= 0.6 is 24.0 Å². The Hall–Kier alpha value is -1.75. The second kappa shape index (κ2) is 9.81. The molecule has 2 aromatic rings. The number of hydrogen-bond acceptors (Lipinski definition) is 3. The molecule has 0 radical (unpaired) electrons. The van der Waals surface area contributed by atoms with Crippen LogP contribution in [0, 0.1) is 0 Å². The normalized spacial score (nSPS) is 14.4. The highest BCUT2D eigenvalue weighted by Gasteiger charge is 2.23. The van der Waals surface area contributed by atoms with Gasteiger partial charge >= 0.3 is 0 Å². The van der Waals surface area contributed by atoms with Gasteiger partial charge in [0, 0.05) is 23.7 Å². The minimum Gasteiger partial charge on any atom is -0.489 e. The van der Waals surface area contributed by atoms with Crippen LogP contribution in [-0.4, -0.2) is 37.0 Å². The summed E-state index contributed by atoms with van der Waals surface area (Å²) in [5.74, 6) is 0.739. The summed E-state index contributed by atoms with van der Waals surface area (Å²) in [5, 5.41) is 4.03. The molecule has 1 N–H and O–H groups in total. The van der Waals surface area contributed by atoms with Gasteiger partial charge < -0.3 is 15.0 Å². The lowest BCUT2D eigenvalue weighted by Crippen LogP contribution is -2.43. The smallest absolute Gasteiger partial charge is 0.253 e. The summed E-state index contributed by atoms with van der Waals surface area (Å²) in [6, 6.07) is 15.2. The molecule has 0 aliphatic carbocycles. The Morgan fingerprint density at radius 1 is 1.19 bits per heavy atom. The van der Waals surface area contributed by atoms with Gasteiger partial charge in [-0.3, -0.25) is 4.79 Å². The van der Waals surface area contributed by atoms with Crippen molar-refractivity contribution >= 4 is 29.9 Å². The van der Waals surface area contributed by atoms with E-state index in [-0.39, 0.29) is 18.3 Å². The van der Waals surface area contributed by atoms with E-state index in [2.05, 4.69) is 5.32 Å². The highest BCUT2D eigenvalue weighted by Crippen LogP contribution is 2.19. The lowest BCUT2D eigenvalue weighted by Gasteiger charge is -2.31. The minimum atomic E-state index is 0. The molecule has 1 aliphatic rings. The number of hydrogen-bond donors (Lipinski definition) is 1. The zero-order chi connectivity index (χ0) is 17.6. The summed E-state index contributed by atoms with van der Waals surface area (Å²) in [6.07, 6.45) is 1.99. The van der Waals surface area contributed by atoms with Crippen LogP contribution < -0.4 is 10.1 Å². The van der Waals surface area contributed by atoms with Gasteiger partial charge in [-0.05, 0) is 61.8 Å². The molecule has 2 aromatic carbocycles. The number of benzene rings is 2. The fraction of sp³-hybridized carbons (Fsp3) is 0.350. The first kappa shape index (κ1) is 20.6. The molecular weight excluding hydrogens is 371 g/mol. The summed E-state index contributed by atoms with van der Waals surface area (Å²) in [7, 11) is 1.89. The Kier molecular flexibility index (Phi) is 7.76. The van der Waals surface area contributed by atoms with Gasteiger partial charge in [-0.15, -0.1) is 12.4 Å². The molecule has 1 aliphatic heterocycles. The number of carbonyl (C=O) groups is 1. The number of amides is 1. The molecule has 3 rings (SSSR count). The fourth-order valence-corrected chi connectivity index (χ4v) is 3.16. The van der Waals surface area contributed by atoms with Crippen molar-refractivity contribution in [2.75, 3.05) is 20.1 Å². The molecule has 0 bridgehead atoms. The first-order chi connectivity index (χ1) is 12.1. The maximum absolute atomic E-state index is 12.7. The van der Waals surface area contributed by atoms with Crippen molar-refractivity contribution in [3.8, 4) is 5.75 Å². The number of nitrogens with one attached hydrogen (secondary N) is 1. The summed E-state index contributed by atoms with van der Waals surface area (Å²) >= 11 is 5.89. The van der Waals surface area contributed by atoms with Crippen LogP contribution in [0.25, 0.3) is 0 Å². The van der Waals surface area contributed by atoms with Gasteiger partial charge in [-0.25, -0.2) is 0 Å². The van der Waals surface area contributed by atoms with E-state index in [9.17, 15) is 4.79 Å². The van der Waals surface area contributed by atoms with E-state index in [0.717, 1.165) is 31.5 Å². The van der Waals surface area contributed by atoms with E-state index >= 15 is 0 Å². The molecule has 26 heavy (non-hydrogen) atoms. The molecule has 0 saturated carbocycles. The lowest BCUT2D eigenvalue weighted by atomic mass is 10.0. The standard InChI is InChI=1S/C20H23ClN2O2.ClH/c1-23(18-9-11-22-12-10-18)20(24)16-3-2-4-19(13-16)25-14-15-5-7-17(21)8-6-15;/h2-8,13,18,22H,9-12,14H2,1H3;1H. The number of ether oxygens (including phenoxy) is 1. The van der Waals surface area contributed by atoms with Gasteiger partial charge in [0.2, 0.25) is 0 Å². The number of carbonyl (C=O) groups excluding carboxylic acids is 1. The zero-order valence-corrected chi connectivity index (χ0v) is 16.4. The summed E-state index contributed by atoms with van der Waals surface area (Å²) in [5.41, 5.74) is 1.70. The predicted octanol–water partition coefficient (Wildman–Crippen LogP) is 4.16. The van der Waals surface area contributed by atoms with Gasteiger partial charge in [0.25, 0.3) is 5.91 Å². The maximum atomic E-state index is 12.7. The number of rotatable bonds is 5. The third-order valence-electron chi connectivity index (χ3n) is 4.58. The SMILES string of the molecule is CN(C(=O)c1cccc(OCc2ccc(Cl)cc2)c1)C1CCNCC1.Cl. The molecule has 1 fully saturated rings. The van der Waals surface area contributed by atoms with Gasteiger partial charge in [0.1, 0.15) is 12.4 Å². The van der Waals surface area contributed by atoms with E-state index in [1.165, 1.54) is 0 Å². The van der Waals surface area contributed by atoms with E-state index < -0.39 is 0 Å². The first-order valence-corrected chi connectivity index (χ1v) is 8.96.